The first kappa shape index (κ1) is 15.1. The molecule has 0 radical (unpaired) electrons. The Bertz CT molecular complexity index is 673. The fraction of sp³-hybridized carbons (Fsp3) is 0.222. The molecule has 3 rings (SSSR count). The van der Waals surface area contributed by atoms with Crippen molar-refractivity contribution in [3.8, 4) is 11.5 Å². The topological polar surface area (TPSA) is 67.4 Å². The molecule has 1 aliphatic rings. The third-order valence-corrected chi connectivity index (χ3v) is 3.74. The molecule has 118 valence electrons. The number of rotatable bonds is 4. The smallest absolute Gasteiger partial charge is 0.229 e. The van der Waals surface area contributed by atoms with Crippen molar-refractivity contribution in [2.75, 3.05) is 11.9 Å². The minimum atomic E-state index is -0.173. The van der Waals surface area contributed by atoms with Crippen LogP contribution in [0.2, 0.25) is 0 Å². The van der Waals surface area contributed by atoms with E-state index in [0.29, 0.717) is 30.8 Å². The Labute approximate surface area is 134 Å². The van der Waals surface area contributed by atoms with Crippen molar-refractivity contribution >= 4 is 17.5 Å². The van der Waals surface area contributed by atoms with E-state index >= 15 is 0 Å². The van der Waals surface area contributed by atoms with Crippen molar-refractivity contribution in [3.63, 3.8) is 0 Å². The van der Waals surface area contributed by atoms with E-state index in [9.17, 15) is 9.59 Å². The van der Waals surface area contributed by atoms with Crippen molar-refractivity contribution in [2.24, 2.45) is 5.92 Å². The highest BCUT2D eigenvalue weighted by Crippen LogP contribution is 2.23. The van der Waals surface area contributed by atoms with Gasteiger partial charge in [0.2, 0.25) is 11.8 Å². The van der Waals surface area contributed by atoms with Crippen LogP contribution in [0.3, 0.4) is 0 Å². The first-order valence-electron chi connectivity index (χ1n) is 7.61. The molecule has 0 bridgehead atoms. The van der Waals surface area contributed by atoms with Crippen LogP contribution in [-0.2, 0) is 9.59 Å². The number of piperidine rings is 1. The van der Waals surface area contributed by atoms with Gasteiger partial charge in [-0.3, -0.25) is 9.59 Å². The molecule has 2 aromatic carbocycles. The number of benzene rings is 2. The summed E-state index contributed by atoms with van der Waals surface area (Å²) in [5, 5.41) is 5.59. The van der Waals surface area contributed by atoms with Gasteiger partial charge >= 0.3 is 0 Å². The molecule has 5 nitrogen and oxygen atoms in total. The van der Waals surface area contributed by atoms with Gasteiger partial charge in [-0.2, -0.15) is 0 Å². The second-order valence-electron chi connectivity index (χ2n) is 5.47. The fourth-order valence-corrected chi connectivity index (χ4v) is 2.43. The van der Waals surface area contributed by atoms with Gasteiger partial charge in [-0.25, -0.2) is 0 Å². The zero-order chi connectivity index (χ0) is 16.1. The summed E-state index contributed by atoms with van der Waals surface area (Å²) >= 11 is 0. The number of hydrogen-bond acceptors (Lipinski definition) is 3. The van der Waals surface area contributed by atoms with Gasteiger partial charge in [-0.1, -0.05) is 18.2 Å². The van der Waals surface area contributed by atoms with Crippen LogP contribution >= 0.6 is 0 Å². The second-order valence-corrected chi connectivity index (χ2v) is 5.47. The Morgan fingerprint density at radius 1 is 1.04 bits per heavy atom. The van der Waals surface area contributed by atoms with Crippen LogP contribution in [0, 0.1) is 5.92 Å². The lowest BCUT2D eigenvalue weighted by atomic mass is 9.98. The Kier molecular flexibility index (Phi) is 4.57. The number of carbonyl (C=O) groups excluding carboxylic acids is 2. The first-order chi connectivity index (χ1) is 11.2. The largest absolute Gasteiger partial charge is 0.457 e. The molecule has 1 atom stereocenters. The number of para-hydroxylation sites is 1. The lowest BCUT2D eigenvalue weighted by molar-refractivity contribution is -0.126. The molecule has 2 amide bonds. The van der Waals surface area contributed by atoms with Crippen LogP contribution in [0.15, 0.2) is 54.6 Å². The monoisotopic (exact) mass is 310 g/mol. The molecule has 2 N–H and O–H groups in total. The average Bonchev–Trinajstić information content (AvgIpc) is 2.58. The lowest BCUT2D eigenvalue weighted by Crippen LogP contribution is -2.40. The molecule has 1 aliphatic heterocycles. The minimum absolute atomic E-state index is 0.0106. The Morgan fingerprint density at radius 2 is 1.74 bits per heavy atom. The summed E-state index contributed by atoms with van der Waals surface area (Å²) in [7, 11) is 0. The quantitative estimate of drug-likeness (QED) is 0.912. The Balaban J connectivity index is 1.57. The summed E-state index contributed by atoms with van der Waals surface area (Å²) < 4.78 is 5.71. The maximum atomic E-state index is 12.2. The molecule has 5 heteroatoms. The maximum Gasteiger partial charge on any atom is 0.229 e. The van der Waals surface area contributed by atoms with E-state index in [1.807, 2.05) is 42.5 Å². The summed E-state index contributed by atoms with van der Waals surface area (Å²) in [6, 6.07) is 16.7. The van der Waals surface area contributed by atoms with Crippen LogP contribution in [-0.4, -0.2) is 18.4 Å². The third kappa shape index (κ3) is 4.10. The van der Waals surface area contributed by atoms with Crippen molar-refractivity contribution in [1.29, 1.82) is 0 Å². The van der Waals surface area contributed by atoms with E-state index in [1.165, 1.54) is 0 Å². The molecule has 0 aliphatic carbocycles. The number of ether oxygens (including phenoxy) is 1. The van der Waals surface area contributed by atoms with Gasteiger partial charge in [0.05, 0.1) is 5.92 Å². The van der Waals surface area contributed by atoms with E-state index < -0.39 is 0 Å². The highest BCUT2D eigenvalue weighted by molar-refractivity contribution is 5.94. The normalized spacial score (nSPS) is 17.2. The van der Waals surface area contributed by atoms with Crippen LogP contribution in [0.25, 0.3) is 0 Å². The van der Waals surface area contributed by atoms with Gasteiger partial charge < -0.3 is 15.4 Å². The van der Waals surface area contributed by atoms with Crippen LogP contribution in [0.5, 0.6) is 11.5 Å². The van der Waals surface area contributed by atoms with Crippen molar-refractivity contribution in [3.05, 3.63) is 54.6 Å². The SMILES string of the molecule is O=C1CCC(C(=O)Nc2ccc(Oc3ccccc3)cc2)CN1. The van der Waals surface area contributed by atoms with E-state index in [1.54, 1.807) is 12.1 Å². The standard InChI is InChI=1S/C18H18N2O3/c21-17-11-6-13(12-19-17)18(22)20-14-7-9-16(10-8-14)23-15-4-2-1-3-5-15/h1-5,7-10,13H,6,11-12H2,(H,19,21)(H,20,22). The van der Waals surface area contributed by atoms with E-state index in [4.69, 9.17) is 4.74 Å². The van der Waals surface area contributed by atoms with E-state index in [0.717, 1.165) is 5.75 Å². The number of anilines is 1. The average molecular weight is 310 g/mol. The van der Waals surface area contributed by atoms with E-state index in [-0.39, 0.29) is 17.7 Å². The molecule has 1 unspecified atom stereocenters. The van der Waals surface area contributed by atoms with Crippen LogP contribution in [0.1, 0.15) is 12.8 Å². The predicted molar refractivity (Wildman–Crippen MR) is 87.3 cm³/mol. The molecule has 0 spiro atoms. The number of carbonyl (C=O) groups is 2. The second kappa shape index (κ2) is 6.96. The molecular weight excluding hydrogens is 292 g/mol. The zero-order valence-electron chi connectivity index (χ0n) is 12.6. The number of amides is 2. The van der Waals surface area contributed by atoms with Gasteiger partial charge in [-0.15, -0.1) is 0 Å². The van der Waals surface area contributed by atoms with Gasteiger partial charge in [0, 0.05) is 18.7 Å². The molecular formula is C18H18N2O3. The molecule has 23 heavy (non-hydrogen) atoms. The number of nitrogens with one attached hydrogen (secondary N) is 2. The fourth-order valence-electron chi connectivity index (χ4n) is 2.43. The highest BCUT2D eigenvalue weighted by Gasteiger charge is 2.24. The van der Waals surface area contributed by atoms with Gasteiger partial charge in [0.1, 0.15) is 11.5 Å². The van der Waals surface area contributed by atoms with Crippen LogP contribution in [0.4, 0.5) is 5.69 Å². The van der Waals surface area contributed by atoms with Gasteiger partial charge in [0.25, 0.3) is 0 Å². The first-order valence-corrected chi connectivity index (χ1v) is 7.61. The highest BCUT2D eigenvalue weighted by atomic mass is 16.5. The van der Waals surface area contributed by atoms with E-state index in [2.05, 4.69) is 10.6 Å². The minimum Gasteiger partial charge on any atom is -0.457 e. The number of hydrogen-bond donors (Lipinski definition) is 2. The zero-order valence-corrected chi connectivity index (χ0v) is 12.6. The predicted octanol–water partition coefficient (Wildman–Crippen LogP) is 2.94. The van der Waals surface area contributed by atoms with Gasteiger partial charge in [0.15, 0.2) is 0 Å². The Hall–Kier alpha value is -2.82. The molecule has 1 fully saturated rings. The van der Waals surface area contributed by atoms with Crippen molar-refractivity contribution < 1.29 is 14.3 Å². The summed E-state index contributed by atoms with van der Waals surface area (Å²) in [6.45, 7) is 0.403. The molecule has 0 saturated carbocycles. The summed E-state index contributed by atoms with van der Waals surface area (Å²) in [6.07, 6.45) is 0.995. The Morgan fingerprint density at radius 3 is 2.39 bits per heavy atom. The summed E-state index contributed by atoms with van der Waals surface area (Å²) in [4.78, 5) is 23.3. The molecule has 1 heterocycles. The van der Waals surface area contributed by atoms with Crippen molar-refractivity contribution in [2.45, 2.75) is 12.8 Å². The van der Waals surface area contributed by atoms with Crippen LogP contribution < -0.4 is 15.4 Å². The molecule has 1 saturated heterocycles. The maximum absolute atomic E-state index is 12.2. The molecule has 0 aromatic heterocycles. The summed E-state index contributed by atoms with van der Waals surface area (Å²) in [5.74, 6) is 1.24. The lowest BCUT2D eigenvalue weighted by Gasteiger charge is -2.21. The van der Waals surface area contributed by atoms with Gasteiger partial charge in [-0.05, 0) is 42.8 Å². The summed E-state index contributed by atoms with van der Waals surface area (Å²) in [5.41, 5.74) is 0.715. The third-order valence-electron chi connectivity index (χ3n) is 3.74. The molecule has 2 aromatic rings. The van der Waals surface area contributed by atoms with Crippen molar-refractivity contribution in [1.82, 2.24) is 5.32 Å².